The van der Waals surface area contributed by atoms with E-state index in [4.69, 9.17) is 5.73 Å². The highest BCUT2D eigenvalue weighted by atomic mass is 16.3. The van der Waals surface area contributed by atoms with Gasteiger partial charge in [-0.25, -0.2) is 0 Å². The Morgan fingerprint density at radius 2 is 1.52 bits per heavy atom. The van der Waals surface area contributed by atoms with E-state index >= 15 is 0 Å². The number of phenols is 1. The maximum absolute atomic E-state index is 13.9. The van der Waals surface area contributed by atoms with Gasteiger partial charge in [0.1, 0.15) is 48.3 Å². The lowest BCUT2D eigenvalue weighted by Crippen LogP contribution is -2.63. The van der Waals surface area contributed by atoms with E-state index in [0.29, 0.717) is 5.56 Å². The Morgan fingerprint density at radius 1 is 0.889 bits per heavy atom. The fraction of sp³-hybridized carbons (Fsp3) is 0.636. The predicted molar refractivity (Wildman–Crippen MR) is 182 cm³/mol. The number of phenolic OH excluding ortho intramolecular Hbond substituents is 1. The lowest BCUT2D eigenvalue weighted by Gasteiger charge is -2.32. The van der Waals surface area contributed by atoms with Crippen LogP contribution in [0, 0.1) is 11.8 Å². The molecule has 4 rings (SSSR count). The van der Waals surface area contributed by atoms with Gasteiger partial charge in [0, 0.05) is 38.4 Å². The van der Waals surface area contributed by atoms with Crippen LogP contribution in [0.25, 0.3) is 0 Å². The van der Waals surface area contributed by atoms with Crippen LogP contribution in [0.3, 0.4) is 0 Å². The molecular weight excluding hydrogens is 718 g/mol. The highest BCUT2D eigenvalue weighted by Crippen LogP contribution is 2.25. The van der Waals surface area contributed by atoms with Crippen molar-refractivity contribution in [1.29, 1.82) is 0 Å². The third-order valence-corrected chi connectivity index (χ3v) is 9.98. The van der Waals surface area contributed by atoms with Crippen LogP contribution in [-0.2, 0) is 35.2 Å². The van der Waals surface area contributed by atoms with Crippen LogP contribution in [0.5, 0.6) is 5.75 Å². The molecule has 21 heteroatoms. The highest BCUT2D eigenvalue weighted by molar-refractivity contribution is 5.97. The van der Waals surface area contributed by atoms with Crippen molar-refractivity contribution in [3.63, 3.8) is 0 Å². The number of hydrogen-bond donors (Lipinski definition) is 13. The first-order valence-corrected chi connectivity index (χ1v) is 17.4. The molecule has 6 amide bonds. The second-order valence-electron chi connectivity index (χ2n) is 14.0. The number of carbonyl (C=O) groups is 6. The first kappa shape index (κ1) is 42.3. The number of nitrogens with zero attached hydrogens (tertiary/aromatic N) is 2. The molecule has 0 aromatic heterocycles. The molecule has 0 spiro atoms. The van der Waals surface area contributed by atoms with E-state index in [2.05, 4.69) is 21.3 Å². The monoisotopic (exact) mass is 767 g/mol. The molecule has 1 aromatic rings. The topological polar surface area (TPSA) is 345 Å². The molecule has 54 heavy (non-hydrogen) atoms. The SMILES string of the molecule is CC(O)C(NC(=O)C1CNC(O)C1O)C(=O)N1CC(O)CC1C(=O)NC(C(=O)NC(CO)C(=O)N1CC(C)C(O)C1C(N)=O)C(O)Cc1ccc(O)cc1. The second kappa shape index (κ2) is 17.8. The molecule has 0 radical (unpaired) electrons. The average molecular weight is 768 g/mol. The van der Waals surface area contributed by atoms with Gasteiger partial charge in [-0.3, -0.25) is 34.1 Å². The Kier molecular flexibility index (Phi) is 13.9. The summed E-state index contributed by atoms with van der Waals surface area (Å²) in [6, 6.07) is -2.84. The molecule has 0 aliphatic carbocycles. The molecule has 13 atom stereocenters. The van der Waals surface area contributed by atoms with Crippen molar-refractivity contribution >= 4 is 35.4 Å². The number of benzene rings is 1. The number of amides is 6. The lowest BCUT2D eigenvalue weighted by atomic mass is 10.00. The Bertz CT molecular complexity index is 1550. The third kappa shape index (κ3) is 9.41. The quantitative estimate of drug-likeness (QED) is 0.0836. The first-order chi connectivity index (χ1) is 25.4. The van der Waals surface area contributed by atoms with Gasteiger partial charge in [0.15, 0.2) is 0 Å². The number of nitrogens with one attached hydrogen (secondary N) is 4. The Balaban J connectivity index is 1.56. The zero-order valence-electron chi connectivity index (χ0n) is 29.6. The number of likely N-dealkylation sites (tertiary alicyclic amines) is 2. The summed E-state index contributed by atoms with van der Waals surface area (Å²) >= 11 is 0. The van der Waals surface area contributed by atoms with Crippen molar-refractivity contribution in [3.05, 3.63) is 29.8 Å². The molecular formula is C33H49N7O14. The third-order valence-electron chi connectivity index (χ3n) is 9.98. The minimum absolute atomic E-state index is 0.0966. The van der Waals surface area contributed by atoms with Crippen LogP contribution in [0.15, 0.2) is 24.3 Å². The van der Waals surface area contributed by atoms with Crippen molar-refractivity contribution in [1.82, 2.24) is 31.1 Å². The van der Waals surface area contributed by atoms with Gasteiger partial charge in [-0.15, -0.1) is 0 Å². The largest absolute Gasteiger partial charge is 0.508 e. The van der Waals surface area contributed by atoms with Crippen LogP contribution in [0.4, 0.5) is 0 Å². The molecule has 1 aromatic carbocycles. The smallest absolute Gasteiger partial charge is 0.248 e. The average Bonchev–Trinajstić information content (AvgIpc) is 3.78. The summed E-state index contributed by atoms with van der Waals surface area (Å²) in [5.41, 5.74) is 5.80. The summed E-state index contributed by atoms with van der Waals surface area (Å²) in [4.78, 5) is 81.6. The van der Waals surface area contributed by atoms with E-state index in [1.54, 1.807) is 6.92 Å². The standard InChI is InChI=1S/C33H49N7O14/c1-13-10-40(24(25(13)46)27(34)48)32(53)19(12-41)36-30(51)23(21(45)7-15-3-5-16(43)6-4-15)38-29(50)20-8-17(44)11-39(20)33(54)22(14(2)42)37-28(49)18-9-35-31(52)26(18)47/h3-6,13-14,17-26,31,35,41-47,52H,7-12H2,1-2H3,(H2,34,48)(H,36,51)(H,37,49)(H,38,50). The van der Waals surface area contributed by atoms with Crippen LogP contribution < -0.4 is 27.0 Å². The number of aliphatic hydroxyl groups excluding tert-OH is 7. The molecule has 0 bridgehead atoms. The van der Waals surface area contributed by atoms with Crippen LogP contribution >= 0.6 is 0 Å². The molecule has 3 fully saturated rings. The van der Waals surface area contributed by atoms with Crippen molar-refractivity contribution in [2.24, 2.45) is 17.6 Å². The summed E-state index contributed by atoms with van der Waals surface area (Å²) in [6.07, 6.45) is -9.52. The van der Waals surface area contributed by atoms with Gasteiger partial charge in [0.05, 0.1) is 36.9 Å². The number of aromatic hydroxyl groups is 1. The highest BCUT2D eigenvalue weighted by Gasteiger charge is 2.48. The molecule has 3 aliphatic heterocycles. The Labute approximate surface area is 309 Å². The van der Waals surface area contributed by atoms with E-state index in [-0.39, 0.29) is 31.7 Å². The van der Waals surface area contributed by atoms with Gasteiger partial charge < -0.3 is 72.3 Å². The van der Waals surface area contributed by atoms with Gasteiger partial charge in [-0.1, -0.05) is 19.1 Å². The lowest BCUT2D eigenvalue weighted by molar-refractivity contribution is -0.146. The molecule has 21 nitrogen and oxygen atoms in total. The molecule has 300 valence electrons. The summed E-state index contributed by atoms with van der Waals surface area (Å²) in [6.45, 7) is 0.980. The minimum atomic E-state index is -1.90. The summed E-state index contributed by atoms with van der Waals surface area (Å²) in [5, 5.41) is 91.8. The van der Waals surface area contributed by atoms with Crippen molar-refractivity contribution in [3.8, 4) is 5.75 Å². The number of hydrogen-bond acceptors (Lipinski definition) is 15. The van der Waals surface area contributed by atoms with Crippen LogP contribution in [-0.4, -0.2) is 179 Å². The van der Waals surface area contributed by atoms with Gasteiger partial charge in [0.25, 0.3) is 0 Å². The van der Waals surface area contributed by atoms with E-state index in [1.807, 2.05) is 0 Å². The maximum atomic E-state index is 13.9. The molecule has 3 aliphatic rings. The number of rotatable bonds is 14. The van der Waals surface area contributed by atoms with Gasteiger partial charge in [0.2, 0.25) is 35.4 Å². The predicted octanol–water partition coefficient (Wildman–Crippen LogP) is -7.32. The van der Waals surface area contributed by atoms with Crippen LogP contribution in [0.2, 0.25) is 0 Å². The van der Waals surface area contributed by atoms with Crippen molar-refractivity contribution < 1.29 is 69.6 Å². The van der Waals surface area contributed by atoms with E-state index in [1.165, 1.54) is 31.2 Å². The molecule has 3 heterocycles. The van der Waals surface area contributed by atoms with E-state index in [0.717, 1.165) is 9.80 Å². The Hall–Kier alpha value is -4.48. The number of nitrogens with two attached hydrogens (primary N) is 1. The number of β-amino-alcohol motifs (C(OH)–C–C–N with tert-alkyl or cyclic N) is 1. The number of primary amides is 1. The summed E-state index contributed by atoms with van der Waals surface area (Å²) in [5.74, 6) is -8.07. The fourth-order valence-electron chi connectivity index (χ4n) is 6.89. The van der Waals surface area contributed by atoms with Gasteiger partial charge in [-0.2, -0.15) is 0 Å². The Morgan fingerprint density at radius 3 is 2.07 bits per heavy atom. The van der Waals surface area contributed by atoms with E-state index < -0.39 is 127 Å². The van der Waals surface area contributed by atoms with Crippen LogP contribution in [0.1, 0.15) is 25.8 Å². The molecule has 14 N–H and O–H groups in total. The molecule has 13 unspecified atom stereocenters. The van der Waals surface area contributed by atoms with Gasteiger partial charge in [-0.05, 0) is 24.6 Å². The normalized spacial score (nSPS) is 29.5. The number of aliphatic hydroxyl groups is 7. The van der Waals surface area contributed by atoms with Crippen molar-refractivity contribution in [2.45, 2.75) is 93.6 Å². The minimum Gasteiger partial charge on any atom is -0.508 e. The second-order valence-corrected chi connectivity index (χ2v) is 14.0. The zero-order valence-corrected chi connectivity index (χ0v) is 29.6. The maximum Gasteiger partial charge on any atom is 0.248 e. The fourth-order valence-corrected chi connectivity index (χ4v) is 6.89. The molecule has 0 saturated carbocycles. The first-order valence-electron chi connectivity index (χ1n) is 17.4. The molecule has 3 saturated heterocycles. The summed E-state index contributed by atoms with van der Waals surface area (Å²) < 4.78 is 0. The zero-order chi connectivity index (χ0) is 40.2. The van der Waals surface area contributed by atoms with Gasteiger partial charge >= 0.3 is 0 Å². The summed E-state index contributed by atoms with van der Waals surface area (Å²) in [7, 11) is 0. The number of carbonyl (C=O) groups excluding carboxylic acids is 6. The van der Waals surface area contributed by atoms with Crippen molar-refractivity contribution in [2.75, 3.05) is 26.2 Å². The van der Waals surface area contributed by atoms with E-state index in [9.17, 15) is 69.6 Å².